The van der Waals surface area contributed by atoms with Crippen molar-refractivity contribution in [3.8, 4) is 0 Å². The number of thiazole rings is 1. The largest absolute Gasteiger partial charge is 0.466 e. The number of hydrogen-bond donors (Lipinski definition) is 1. The third-order valence-electron chi connectivity index (χ3n) is 3.10. The molecule has 0 saturated carbocycles. The van der Waals surface area contributed by atoms with Crippen molar-refractivity contribution in [1.82, 2.24) is 30.3 Å². The van der Waals surface area contributed by atoms with Gasteiger partial charge < -0.3 is 10.1 Å². The van der Waals surface area contributed by atoms with E-state index in [1.165, 1.54) is 15.9 Å². The van der Waals surface area contributed by atoms with Crippen molar-refractivity contribution in [1.29, 1.82) is 0 Å². The second kappa shape index (κ2) is 7.13. The zero-order valence-electron chi connectivity index (χ0n) is 12.8. The number of pyridine rings is 1. The molecule has 124 valence electrons. The van der Waals surface area contributed by atoms with E-state index in [0.29, 0.717) is 28.5 Å². The molecular formula is C14H14N6O3S. The maximum absolute atomic E-state index is 12.3. The summed E-state index contributed by atoms with van der Waals surface area (Å²) in [6, 6.07) is 3.34. The molecule has 10 heteroatoms. The van der Waals surface area contributed by atoms with Gasteiger partial charge in [-0.2, -0.15) is 4.52 Å². The number of hydrogen-bond acceptors (Lipinski definition) is 8. The molecule has 0 aromatic carbocycles. The number of carbonyl (C=O) groups excluding carboxylic acids is 2. The predicted octanol–water partition coefficient (Wildman–Crippen LogP) is 0.616. The molecule has 0 atom stereocenters. The van der Waals surface area contributed by atoms with E-state index in [0.717, 1.165) is 0 Å². The highest BCUT2D eigenvalue weighted by Gasteiger charge is 2.14. The monoisotopic (exact) mass is 346 g/mol. The van der Waals surface area contributed by atoms with Crippen LogP contribution in [0.25, 0.3) is 5.65 Å². The van der Waals surface area contributed by atoms with Crippen LogP contribution in [0.4, 0.5) is 0 Å². The van der Waals surface area contributed by atoms with E-state index < -0.39 is 0 Å². The van der Waals surface area contributed by atoms with Gasteiger partial charge in [-0.3, -0.25) is 9.59 Å². The summed E-state index contributed by atoms with van der Waals surface area (Å²) in [5.74, 6) is -0.609. The highest BCUT2D eigenvalue weighted by molar-refractivity contribution is 7.09. The zero-order chi connectivity index (χ0) is 16.9. The molecule has 0 fully saturated rings. The van der Waals surface area contributed by atoms with Gasteiger partial charge in [-0.25, -0.2) is 4.98 Å². The van der Waals surface area contributed by atoms with E-state index in [2.05, 4.69) is 25.8 Å². The normalized spacial score (nSPS) is 10.7. The Labute approximate surface area is 140 Å². The summed E-state index contributed by atoms with van der Waals surface area (Å²) in [6.45, 7) is 2.36. The van der Waals surface area contributed by atoms with Crippen LogP contribution in [0.5, 0.6) is 0 Å². The van der Waals surface area contributed by atoms with Gasteiger partial charge >= 0.3 is 5.97 Å². The number of ether oxygens (including phenoxy) is 1. The second-order valence-electron chi connectivity index (χ2n) is 4.77. The van der Waals surface area contributed by atoms with Gasteiger partial charge in [0.2, 0.25) is 0 Å². The fourth-order valence-electron chi connectivity index (χ4n) is 2.07. The third kappa shape index (κ3) is 3.54. The molecule has 0 aliphatic heterocycles. The lowest BCUT2D eigenvalue weighted by molar-refractivity contribution is -0.142. The lowest BCUT2D eigenvalue weighted by atomic mass is 10.2. The molecule has 0 radical (unpaired) electrons. The van der Waals surface area contributed by atoms with Gasteiger partial charge in [0, 0.05) is 11.6 Å². The SMILES string of the molecule is CCOC(=O)Cc1csc(CNC(=O)c2cccn3nnnc23)n1. The molecule has 0 aliphatic rings. The average Bonchev–Trinajstić information content (AvgIpc) is 3.21. The molecule has 3 aromatic rings. The lowest BCUT2D eigenvalue weighted by Crippen LogP contribution is -2.23. The van der Waals surface area contributed by atoms with Crippen molar-refractivity contribution >= 4 is 28.9 Å². The number of aromatic nitrogens is 5. The van der Waals surface area contributed by atoms with E-state index in [9.17, 15) is 9.59 Å². The molecular weight excluding hydrogens is 332 g/mol. The van der Waals surface area contributed by atoms with Crippen LogP contribution >= 0.6 is 11.3 Å². The summed E-state index contributed by atoms with van der Waals surface area (Å²) < 4.78 is 6.31. The molecule has 0 aliphatic carbocycles. The highest BCUT2D eigenvalue weighted by atomic mass is 32.1. The summed E-state index contributed by atoms with van der Waals surface area (Å²) in [6.07, 6.45) is 1.79. The van der Waals surface area contributed by atoms with Crippen LogP contribution in [0.3, 0.4) is 0 Å². The maximum atomic E-state index is 12.3. The number of esters is 1. The summed E-state index contributed by atoms with van der Waals surface area (Å²) in [5, 5.41) is 16.4. The van der Waals surface area contributed by atoms with Crippen LogP contribution in [0.1, 0.15) is 28.0 Å². The Balaban J connectivity index is 1.62. The van der Waals surface area contributed by atoms with Gasteiger partial charge in [-0.15, -0.1) is 16.4 Å². The van der Waals surface area contributed by atoms with Gasteiger partial charge in [-0.05, 0) is 29.5 Å². The molecule has 9 nitrogen and oxygen atoms in total. The average molecular weight is 346 g/mol. The zero-order valence-corrected chi connectivity index (χ0v) is 13.6. The van der Waals surface area contributed by atoms with Crippen molar-refractivity contribution in [2.45, 2.75) is 19.9 Å². The molecule has 0 unspecified atom stereocenters. The van der Waals surface area contributed by atoms with Crippen LogP contribution < -0.4 is 5.32 Å². The van der Waals surface area contributed by atoms with Gasteiger partial charge in [0.15, 0.2) is 5.65 Å². The Morgan fingerprint density at radius 3 is 3.12 bits per heavy atom. The molecule has 3 heterocycles. The first kappa shape index (κ1) is 16.0. The highest BCUT2D eigenvalue weighted by Crippen LogP contribution is 2.12. The number of fused-ring (bicyclic) bond motifs is 1. The Morgan fingerprint density at radius 2 is 2.29 bits per heavy atom. The minimum Gasteiger partial charge on any atom is -0.466 e. The number of nitrogens with zero attached hydrogens (tertiary/aromatic N) is 5. The third-order valence-corrected chi connectivity index (χ3v) is 4.00. The molecule has 0 bridgehead atoms. The minimum atomic E-state index is -0.315. The fraction of sp³-hybridized carbons (Fsp3) is 0.286. The van der Waals surface area contributed by atoms with Crippen molar-refractivity contribution in [2.75, 3.05) is 6.61 Å². The molecule has 0 spiro atoms. The number of nitrogens with one attached hydrogen (secondary N) is 1. The Bertz CT molecular complexity index is 874. The number of amides is 1. The van der Waals surface area contributed by atoms with Gasteiger partial charge in [0.05, 0.1) is 30.8 Å². The van der Waals surface area contributed by atoms with Gasteiger partial charge in [0.25, 0.3) is 5.91 Å². The minimum absolute atomic E-state index is 0.128. The fourth-order valence-corrected chi connectivity index (χ4v) is 2.80. The topological polar surface area (TPSA) is 111 Å². The van der Waals surface area contributed by atoms with Crippen LogP contribution in [0.15, 0.2) is 23.7 Å². The van der Waals surface area contributed by atoms with Crippen molar-refractivity contribution < 1.29 is 14.3 Å². The van der Waals surface area contributed by atoms with Crippen molar-refractivity contribution in [3.63, 3.8) is 0 Å². The summed E-state index contributed by atoms with van der Waals surface area (Å²) in [4.78, 5) is 28.0. The van der Waals surface area contributed by atoms with Crippen molar-refractivity contribution in [2.24, 2.45) is 0 Å². The van der Waals surface area contributed by atoms with E-state index in [1.807, 2.05) is 0 Å². The van der Waals surface area contributed by atoms with Gasteiger partial charge in [0.1, 0.15) is 5.01 Å². The Morgan fingerprint density at radius 1 is 1.42 bits per heavy atom. The predicted molar refractivity (Wildman–Crippen MR) is 84.4 cm³/mol. The molecule has 3 rings (SSSR count). The Kier molecular flexibility index (Phi) is 4.75. The van der Waals surface area contributed by atoms with E-state index in [4.69, 9.17) is 4.74 Å². The molecule has 3 aromatic heterocycles. The maximum Gasteiger partial charge on any atom is 0.311 e. The van der Waals surface area contributed by atoms with E-state index in [1.54, 1.807) is 30.6 Å². The first-order chi connectivity index (χ1) is 11.7. The van der Waals surface area contributed by atoms with Crippen molar-refractivity contribution in [3.05, 3.63) is 40.0 Å². The van der Waals surface area contributed by atoms with Crippen LogP contribution in [0.2, 0.25) is 0 Å². The van der Waals surface area contributed by atoms with Crippen LogP contribution in [0, 0.1) is 0 Å². The van der Waals surface area contributed by atoms with Crippen LogP contribution in [-0.4, -0.2) is 43.5 Å². The van der Waals surface area contributed by atoms with E-state index >= 15 is 0 Å². The standard InChI is InChI=1S/C14H14N6O3S/c1-2-23-12(21)6-9-8-24-11(16-9)7-15-14(22)10-4-3-5-20-13(10)17-18-19-20/h3-5,8H,2,6-7H2,1H3,(H,15,22). The quantitative estimate of drug-likeness (QED) is 0.651. The second-order valence-corrected chi connectivity index (χ2v) is 5.71. The number of rotatable bonds is 6. The molecule has 1 N–H and O–H groups in total. The first-order valence-electron chi connectivity index (χ1n) is 7.21. The van der Waals surface area contributed by atoms with Crippen LogP contribution in [-0.2, 0) is 22.5 Å². The first-order valence-corrected chi connectivity index (χ1v) is 8.09. The summed E-state index contributed by atoms with van der Waals surface area (Å²) in [5.41, 5.74) is 1.40. The molecule has 1 amide bonds. The van der Waals surface area contributed by atoms with Gasteiger partial charge in [-0.1, -0.05) is 0 Å². The summed E-state index contributed by atoms with van der Waals surface area (Å²) >= 11 is 1.37. The lowest BCUT2D eigenvalue weighted by Gasteiger charge is -2.03. The summed E-state index contributed by atoms with van der Waals surface area (Å²) in [7, 11) is 0. The van der Waals surface area contributed by atoms with E-state index in [-0.39, 0.29) is 24.8 Å². The smallest absolute Gasteiger partial charge is 0.311 e. The molecule has 24 heavy (non-hydrogen) atoms. The Hall–Kier alpha value is -2.88. The molecule has 0 saturated heterocycles. The number of tetrazole rings is 1. The number of carbonyl (C=O) groups is 2.